The number of benzene rings is 2. The molecule has 0 aliphatic carbocycles. The minimum Gasteiger partial charge on any atom is -0.478 e. The third-order valence-electron chi connectivity index (χ3n) is 3.01. The van der Waals surface area contributed by atoms with Crippen LogP contribution in [-0.2, 0) is 0 Å². The van der Waals surface area contributed by atoms with E-state index in [0.29, 0.717) is 11.3 Å². The summed E-state index contributed by atoms with van der Waals surface area (Å²) in [5.74, 6) is -1.30. The molecule has 0 aliphatic rings. The van der Waals surface area contributed by atoms with Crippen molar-refractivity contribution >= 4 is 23.3 Å². The Morgan fingerprint density at radius 1 is 1.00 bits per heavy atom. The van der Waals surface area contributed by atoms with Gasteiger partial charge in [0.25, 0.3) is 5.91 Å². The van der Waals surface area contributed by atoms with Gasteiger partial charge in [0.05, 0.1) is 5.56 Å². The van der Waals surface area contributed by atoms with E-state index >= 15 is 0 Å². The van der Waals surface area contributed by atoms with Gasteiger partial charge in [0.1, 0.15) is 0 Å². The molecule has 0 saturated heterocycles. The Kier molecular flexibility index (Phi) is 4.23. The standard InChI is InChI=1S/C16H16N2O3/c1-18(2)14-8-6-11(7-9-14)15(19)17-13-5-3-4-12(10-13)16(20)21/h3-10H,1-2H3,(H,17,19)(H,20,21). The molecule has 0 aromatic heterocycles. The fourth-order valence-electron chi connectivity index (χ4n) is 1.84. The number of nitrogens with zero attached hydrogens (tertiary/aromatic N) is 1. The van der Waals surface area contributed by atoms with Crippen LogP contribution in [-0.4, -0.2) is 31.1 Å². The number of hydrogen-bond acceptors (Lipinski definition) is 3. The van der Waals surface area contributed by atoms with E-state index < -0.39 is 5.97 Å². The van der Waals surface area contributed by atoms with Gasteiger partial charge in [0.15, 0.2) is 0 Å². The largest absolute Gasteiger partial charge is 0.478 e. The number of carbonyl (C=O) groups excluding carboxylic acids is 1. The third-order valence-corrected chi connectivity index (χ3v) is 3.01. The lowest BCUT2D eigenvalue weighted by molar-refractivity contribution is 0.0696. The van der Waals surface area contributed by atoms with Gasteiger partial charge in [-0.2, -0.15) is 0 Å². The van der Waals surface area contributed by atoms with Crippen molar-refractivity contribution in [1.29, 1.82) is 0 Å². The summed E-state index contributed by atoms with van der Waals surface area (Å²) in [6.45, 7) is 0. The summed E-state index contributed by atoms with van der Waals surface area (Å²) in [5.41, 5.74) is 2.10. The fourth-order valence-corrected chi connectivity index (χ4v) is 1.84. The molecule has 108 valence electrons. The fraction of sp³-hybridized carbons (Fsp3) is 0.125. The van der Waals surface area contributed by atoms with Gasteiger partial charge in [-0.15, -0.1) is 0 Å². The SMILES string of the molecule is CN(C)c1ccc(C(=O)Nc2cccc(C(=O)O)c2)cc1. The maximum absolute atomic E-state index is 12.1. The molecule has 5 heteroatoms. The lowest BCUT2D eigenvalue weighted by atomic mass is 10.1. The van der Waals surface area contributed by atoms with Crippen LogP contribution in [0.15, 0.2) is 48.5 Å². The lowest BCUT2D eigenvalue weighted by Gasteiger charge is -2.12. The van der Waals surface area contributed by atoms with Crippen molar-refractivity contribution in [2.24, 2.45) is 0 Å². The number of carbonyl (C=O) groups is 2. The molecule has 0 radical (unpaired) electrons. The highest BCUT2D eigenvalue weighted by atomic mass is 16.4. The number of carboxylic acid groups (broad SMARTS) is 1. The summed E-state index contributed by atoms with van der Waals surface area (Å²) >= 11 is 0. The second kappa shape index (κ2) is 6.09. The van der Waals surface area contributed by atoms with Gasteiger partial charge in [-0.1, -0.05) is 6.07 Å². The Bertz CT molecular complexity index is 663. The average molecular weight is 284 g/mol. The number of amides is 1. The topological polar surface area (TPSA) is 69.6 Å². The van der Waals surface area contributed by atoms with E-state index in [-0.39, 0.29) is 11.5 Å². The first-order chi connectivity index (χ1) is 9.97. The van der Waals surface area contributed by atoms with E-state index in [1.165, 1.54) is 12.1 Å². The van der Waals surface area contributed by atoms with Gasteiger partial charge in [0, 0.05) is 31.0 Å². The van der Waals surface area contributed by atoms with Crippen molar-refractivity contribution in [2.45, 2.75) is 0 Å². The number of rotatable bonds is 4. The molecule has 21 heavy (non-hydrogen) atoms. The van der Waals surface area contributed by atoms with Gasteiger partial charge in [-0.05, 0) is 42.5 Å². The number of anilines is 2. The van der Waals surface area contributed by atoms with Crippen molar-refractivity contribution in [1.82, 2.24) is 0 Å². The highest BCUT2D eigenvalue weighted by Gasteiger charge is 2.08. The third kappa shape index (κ3) is 3.60. The molecule has 2 aromatic rings. The second-order valence-electron chi connectivity index (χ2n) is 4.78. The Hall–Kier alpha value is -2.82. The van der Waals surface area contributed by atoms with Crippen molar-refractivity contribution in [2.75, 3.05) is 24.3 Å². The quantitative estimate of drug-likeness (QED) is 0.905. The first-order valence-electron chi connectivity index (χ1n) is 6.39. The Balaban J connectivity index is 2.14. The molecule has 0 bridgehead atoms. The van der Waals surface area contributed by atoms with E-state index in [4.69, 9.17) is 5.11 Å². The van der Waals surface area contributed by atoms with Crippen LogP contribution >= 0.6 is 0 Å². The molecule has 0 fully saturated rings. The van der Waals surface area contributed by atoms with E-state index in [2.05, 4.69) is 5.32 Å². The predicted molar refractivity (Wildman–Crippen MR) is 82.1 cm³/mol. The number of aromatic carboxylic acids is 1. The zero-order valence-corrected chi connectivity index (χ0v) is 11.8. The maximum atomic E-state index is 12.1. The summed E-state index contributed by atoms with van der Waals surface area (Å²) in [4.78, 5) is 24.9. The van der Waals surface area contributed by atoms with Gasteiger partial charge >= 0.3 is 5.97 Å². The Morgan fingerprint density at radius 3 is 2.24 bits per heavy atom. The molecule has 0 saturated carbocycles. The molecule has 2 rings (SSSR count). The molecule has 0 unspecified atom stereocenters. The van der Waals surface area contributed by atoms with E-state index in [0.717, 1.165) is 5.69 Å². The van der Waals surface area contributed by atoms with Crippen molar-refractivity contribution < 1.29 is 14.7 Å². The van der Waals surface area contributed by atoms with Crippen LogP contribution < -0.4 is 10.2 Å². The maximum Gasteiger partial charge on any atom is 0.335 e. The molecular formula is C16H16N2O3. The summed E-state index contributed by atoms with van der Waals surface area (Å²) in [6.07, 6.45) is 0. The van der Waals surface area contributed by atoms with E-state index in [1.54, 1.807) is 24.3 Å². The van der Waals surface area contributed by atoms with Gasteiger partial charge in [0.2, 0.25) is 0 Å². The molecule has 0 spiro atoms. The molecule has 1 amide bonds. The molecular weight excluding hydrogens is 268 g/mol. The lowest BCUT2D eigenvalue weighted by Crippen LogP contribution is -2.13. The minimum atomic E-state index is -1.03. The second-order valence-corrected chi connectivity index (χ2v) is 4.78. The van der Waals surface area contributed by atoms with Gasteiger partial charge < -0.3 is 15.3 Å². The van der Waals surface area contributed by atoms with Crippen LogP contribution in [0.1, 0.15) is 20.7 Å². The minimum absolute atomic E-state index is 0.135. The van der Waals surface area contributed by atoms with Crippen LogP contribution in [0.25, 0.3) is 0 Å². The predicted octanol–water partition coefficient (Wildman–Crippen LogP) is 2.70. The number of carboxylic acids is 1. The van der Waals surface area contributed by atoms with Crippen LogP contribution in [0.5, 0.6) is 0 Å². The first kappa shape index (κ1) is 14.6. The summed E-state index contributed by atoms with van der Waals surface area (Å²) in [6, 6.07) is 13.3. The summed E-state index contributed by atoms with van der Waals surface area (Å²) < 4.78 is 0. The van der Waals surface area contributed by atoms with Crippen molar-refractivity contribution in [3.8, 4) is 0 Å². The zero-order valence-electron chi connectivity index (χ0n) is 11.8. The van der Waals surface area contributed by atoms with Gasteiger partial charge in [-0.3, -0.25) is 4.79 Å². The molecule has 0 atom stereocenters. The van der Waals surface area contributed by atoms with E-state index in [9.17, 15) is 9.59 Å². The normalized spacial score (nSPS) is 10.0. The Labute approximate surface area is 122 Å². The molecule has 2 aromatic carbocycles. The summed E-state index contributed by atoms with van der Waals surface area (Å²) in [7, 11) is 3.85. The number of hydrogen-bond donors (Lipinski definition) is 2. The monoisotopic (exact) mass is 284 g/mol. The highest BCUT2D eigenvalue weighted by Crippen LogP contribution is 2.15. The van der Waals surface area contributed by atoms with Crippen molar-refractivity contribution in [3.05, 3.63) is 59.7 Å². The smallest absolute Gasteiger partial charge is 0.335 e. The van der Waals surface area contributed by atoms with Crippen molar-refractivity contribution in [3.63, 3.8) is 0 Å². The molecule has 5 nitrogen and oxygen atoms in total. The first-order valence-corrected chi connectivity index (χ1v) is 6.39. The Morgan fingerprint density at radius 2 is 1.67 bits per heavy atom. The highest BCUT2D eigenvalue weighted by molar-refractivity contribution is 6.05. The molecule has 2 N–H and O–H groups in total. The average Bonchev–Trinajstić information content (AvgIpc) is 2.47. The summed E-state index contributed by atoms with van der Waals surface area (Å²) in [5, 5.41) is 11.6. The van der Waals surface area contributed by atoms with E-state index in [1.807, 2.05) is 31.1 Å². The van der Waals surface area contributed by atoms with Crippen LogP contribution in [0.2, 0.25) is 0 Å². The van der Waals surface area contributed by atoms with Crippen LogP contribution in [0.3, 0.4) is 0 Å². The number of nitrogens with one attached hydrogen (secondary N) is 1. The zero-order chi connectivity index (χ0) is 15.4. The van der Waals surface area contributed by atoms with Gasteiger partial charge in [-0.25, -0.2) is 4.79 Å². The van der Waals surface area contributed by atoms with Crippen LogP contribution in [0.4, 0.5) is 11.4 Å². The van der Waals surface area contributed by atoms with Crippen LogP contribution in [0, 0.1) is 0 Å². The molecule has 0 aliphatic heterocycles. The molecule has 0 heterocycles.